The molecule has 0 spiro atoms. The van der Waals surface area contributed by atoms with E-state index in [0.29, 0.717) is 25.9 Å². The van der Waals surface area contributed by atoms with Gasteiger partial charge in [0.05, 0.1) is 12.3 Å². The topological polar surface area (TPSA) is 83.6 Å². The highest BCUT2D eigenvalue weighted by Gasteiger charge is 2.38. The minimum Gasteiger partial charge on any atom is -0.353 e. The van der Waals surface area contributed by atoms with E-state index in [1.807, 2.05) is 0 Å². The molecule has 17 heavy (non-hydrogen) atoms. The van der Waals surface area contributed by atoms with Gasteiger partial charge in [-0.05, 0) is 12.8 Å². The molecule has 0 aromatic carbocycles. The van der Waals surface area contributed by atoms with Gasteiger partial charge in [0, 0.05) is 13.1 Å². The molecule has 2 aliphatic rings. The summed E-state index contributed by atoms with van der Waals surface area (Å²) in [5.74, 6) is -0.541. The fourth-order valence-corrected chi connectivity index (χ4v) is 4.14. The zero-order valence-corrected chi connectivity index (χ0v) is 10.3. The van der Waals surface area contributed by atoms with Crippen LogP contribution in [-0.4, -0.2) is 55.8 Å². The van der Waals surface area contributed by atoms with Gasteiger partial charge in [0.2, 0.25) is 11.8 Å². The van der Waals surface area contributed by atoms with Crippen LogP contribution in [0.1, 0.15) is 19.3 Å². The van der Waals surface area contributed by atoms with E-state index in [2.05, 4.69) is 5.32 Å². The third kappa shape index (κ3) is 2.59. The van der Waals surface area contributed by atoms with Gasteiger partial charge in [0.15, 0.2) is 9.84 Å². The van der Waals surface area contributed by atoms with Crippen LogP contribution in [0.2, 0.25) is 0 Å². The Morgan fingerprint density at radius 1 is 1.35 bits per heavy atom. The summed E-state index contributed by atoms with van der Waals surface area (Å²) >= 11 is 0. The summed E-state index contributed by atoms with van der Waals surface area (Å²) in [6.45, 7) is 0.777. The fraction of sp³-hybridized carbons (Fsp3) is 0.800. The molecule has 2 saturated heterocycles. The number of rotatable bonds is 1. The summed E-state index contributed by atoms with van der Waals surface area (Å²) in [5, 5.41) is 1.68. The highest BCUT2D eigenvalue weighted by Crippen LogP contribution is 2.21. The summed E-state index contributed by atoms with van der Waals surface area (Å²) in [6.07, 6.45) is 1.78. The van der Waals surface area contributed by atoms with Gasteiger partial charge in [-0.15, -0.1) is 0 Å². The lowest BCUT2D eigenvalue weighted by atomic mass is 10.1. The van der Waals surface area contributed by atoms with Crippen LogP contribution in [0, 0.1) is 0 Å². The van der Waals surface area contributed by atoms with Crippen molar-refractivity contribution in [3.05, 3.63) is 0 Å². The largest absolute Gasteiger partial charge is 0.353 e. The van der Waals surface area contributed by atoms with Crippen LogP contribution < -0.4 is 5.32 Å². The Bertz CT molecular complexity index is 432. The van der Waals surface area contributed by atoms with Crippen molar-refractivity contribution in [2.75, 3.05) is 25.4 Å². The molecule has 7 heteroatoms. The van der Waals surface area contributed by atoms with Crippen molar-refractivity contribution in [3.63, 3.8) is 0 Å². The molecule has 1 atom stereocenters. The Balaban J connectivity index is 2.10. The average Bonchev–Trinajstić information content (AvgIpc) is 2.27. The van der Waals surface area contributed by atoms with Crippen molar-refractivity contribution in [3.8, 4) is 0 Å². The zero-order valence-electron chi connectivity index (χ0n) is 9.52. The predicted molar refractivity (Wildman–Crippen MR) is 61.0 cm³/mol. The number of nitrogens with zero attached hydrogens (tertiary/aromatic N) is 1. The maximum atomic E-state index is 12.1. The minimum absolute atomic E-state index is 0.0230. The van der Waals surface area contributed by atoms with Crippen LogP contribution in [0.25, 0.3) is 0 Å². The van der Waals surface area contributed by atoms with E-state index in [4.69, 9.17) is 0 Å². The van der Waals surface area contributed by atoms with Gasteiger partial charge in [0.25, 0.3) is 0 Å². The molecule has 2 fully saturated rings. The quantitative estimate of drug-likeness (QED) is 0.649. The molecular formula is C10H16N2O4S. The summed E-state index contributed by atoms with van der Waals surface area (Å²) in [5.41, 5.74) is 0. The lowest BCUT2D eigenvalue weighted by Crippen LogP contribution is -2.54. The SMILES string of the molecule is O=C1CN(C(=O)C2CCCCS2(=O)=O)CCN1. The van der Waals surface area contributed by atoms with Gasteiger partial charge in [0.1, 0.15) is 5.25 Å². The monoisotopic (exact) mass is 260 g/mol. The highest BCUT2D eigenvalue weighted by molar-refractivity contribution is 7.92. The summed E-state index contributed by atoms with van der Waals surface area (Å²) in [4.78, 5) is 24.6. The number of piperazine rings is 1. The summed E-state index contributed by atoms with van der Waals surface area (Å²) in [6, 6.07) is 0. The molecule has 0 aliphatic carbocycles. The average molecular weight is 260 g/mol. The first-order valence-corrected chi connectivity index (χ1v) is 7.49. The molecule has 0 aromatic rings. The van der Waals surface area contributed by atoms with E-state index in [0.717, 1.165) is 6.42 Å². The number of amides is 2. The maximum Gasteiger partial charge on any atom is 0.241 e. The van der Waals surface area contributed by atoms with Crippen LogP contribution in [-0.2, 0) is 19.4 Å². The first kappa shape index (κ1) is 12.3. The van der Waals surface area contributed by atoms with E-state index in [1.165, 1.54) is 4.90 Å². The number of hydrogen-bond donors (Lipinski definition) is 1. The van der Waals surface area contributed by atoms with Crippen molar-refractivity contribution in [1.82, 2.24) is 10.2 Å². The molecule has 1 unspecified atom stereocenters. The Hall–Kier alpha value is -1.11. The lowest BCUT2D eigenvalue weighted by molar-refractivity contribution is -0.138. The minimum atomic E-state index is -3.31. The molecule has 0 saturated carbocycles. The standard InChI is InChI=1S/C10H16N2O4S/c13-9-7-12(5-4-11-9)10(14)8-3-1-2-6-17(8,15)16/h8H,1-7H2,(H,11,13). The molecule has 2 aliphatic heterocycles. The lowest BCUT2D eigenvalue weighted by Gasteiger charge is -2.31. The number of carbonyl (C=O) groups excluding carboxylic acids is 2. The van der Waals surface area contributed by atoms with Crippen molar-refractivity contribution in [2.45, 2.75) is 24.5 Å². The van der Waals surface area contributed by atoms with Crippen LogP contribution in [0.15, 0.2) is 0 Å². The van der Waals surface area contributed by atoms with E-state index < -0.39 is 21.0 Å². The van der Waals surface area contributed by atoms with Crippen molar-refractivity contribution in [1.29, 1.82) is 0 Å². The first-order chi connectivity index (χ1) is 8.00. The van der Waals surface area contributed by atoms with E-state index in [-0.39, 0.29) is 18.2 Å². The Morgan fingerprint density at radius 3 is 2.76 bits per heavy atom. The number of nitrogens with one attached hydrogen (secondary N) is 1. The van der Waals surface area contributed by atoms with Crippen LogP contribution in [0.4, 0.5) is 0 Å². The van der Waals surface area contributed by atoms with Crippen molar-refractivity contribution >= 4 is 21.7 Å². The van der Waals surface area contributed by atoms with Gasteiger partial charge >= 0.3 is 0 Å². The van der Waals surface area contributed by atoms with E-state index in [9.17, 15) is 18.0 Å². The molecule has 0 radical (unpaired) electrons. The zero-order chi connectivity index (χ0) is 12.5. The second kappa shape index (κ2) is 4.64. The molecule has 2 heterocycles. The highest BCUT2D eigenvalue weighted by atomic mass is 32.2. The third-order valence-electron chi connectivity index (χ3n) is 3.20. The fourth-order valence-electron chi connectivity index (χ4n) is 2.26. The molecule has 0 aromatic heterocycles. The normalized spacial score (nSPS) is 28.6. The number of hydrogen-bond acceptors (Lipinski definition) is 4. The number of sulfone groups is 1. The summed E-state index contributed by atoms with van der Waals surface area (Å²) in [7, 11) is -3.31. The molecule has 2 rings (SSSR count). The third-order valence-corrected chi connectivity index (χ3v) is 5.37. The first-order valence-electron chi connectivity index (χ1n) is 5.78. The van der Waals surface area contributed by atoms with Gasteiger partial charge in [-0.1, -0.05) is 6.42 Å². The predicted octanol–water partition coefficient (Wildman–Crippen LogP) is -1.09. The Kier molecular flexibility index (Phi) is 3.37. The summed E-state index contributed by atoms with van der Waals surface area (Å²) < 4.78 is 23.6. The van der Waals surface area contributed by atoms with Crippen LogP contribution >= 0.6 is 0 Å². The second-order valence-corrected chi connectivity index (χ2v) is 6.76. The van der Waals surface area contributed by atoms with Gasteiger partial charge in [-0.3, -0.25) is 9.59 Å². The molecule has 6 nitrogen and oxygen atoms in total. The Labute approximate surface area is 100 Å². The molecule has 1 N–H and O–H groups in total. The van der Waals surface area contributed by atoms with Crippen molar-refractivity contribution < 1.29 is 18.0 Å². The molecule has 0 bridgehead atoms. The maximum absolute atomic E-state index is 12.1. The second-order valence-electron chi connectivity index (χ2n) is 4.46. The smallest absolute Gasteiger partial charge is 0.241 e. The van der Waals surface area contributed by atoms with Gasteiger partial charge < -0.3 is 10.2 Å². The molecule has 96 valence electrons. The van der Waals surface area contributed by atoms with Crippen LogP contribution in [0.5, 0.6) is 0 Å². The molecule has 2 amide bonds. The van der Waals surface area contributed by atoms with E-state index >= 15 is 0 Å². The molecular weight excluding hydrogens is 244 g/mol. The van der Waals surface area contributed by atoms with Gasteiger partial charge in [-0.2, -0.15) is 0 Å². The van der Waals surface area contributed by atoms with Crippen molar-refractivity contribution in [2.24, 2.45) is 0 Å². The van der Waals surface area contributed by atoms with Gasteiger partial charge in [-0.25, -0.2) is 8.42 Å². The Morgan fingerprint density at radius 2 is 2.12 bits per heavy atom. The number of carbonyl (C=O) groups is 2. The van der Waals surface area contributed by atoms with Crippen LogP contribution in [0.3, 0.4) is 0 Å². The van der Waals surface area contributed by atoms with E-state index in [1.54, 1.807) is 0 Å².